The van der Waals surface area contributed by atoms with Crippen LogP contribution in [-0.2, 0) is 0 Å². The smallest absolute Gasteiger partial charge is 0.0158 e. The van der Waals surface area contributed by atoms with Gasteiger partial charge in [-0.2, -0.15) is 0 Å². The van der Waals surface area contributed by atoms with Crippen molar-refractivity contribution in [3.05, 3.63) is 0 Å². The van der Waals surface area contributed by atoms with Crippen LogP contribution in [0.2, 0.25) is 0 Å². The predicted octanol–water partition coefficient (Wildman–Crippen LogP) is 8.76. The van der Waals surface area contributed by atoms with Gasteiger partial charge in [-0.05, 0) is 53.5 Å². The molecule has 1 heterocycles. The van der Waals surface area contributed by atoms with Crippen molar-refractivity contribution in [3.63, 3.8) is 0 Å². The minimum Gasteiger partial charge on any atom is -0.296 e. The zero-order chi connectivity index (χ0) is 20.2. The summed E-state index contributed by atoms with van der Waals surface area (Å²) in [5, 5.41) is 0. The first-order valence-corrected chi connectivity index (χ1v) is 12.5. The van der Waals surface area contributed by atoms with Crippen LogP contribution < -0.4 is 0 Å². The Labute approximate surface area is 173 Å². The third-order valence-corrected chi connectivity index (χ3v) is 7.36. The van der Waals surface area contributed by atoms with E-state index >= 15 is 0 Å². The SMILES string of the molecule is CCCCCCCCCCCCCCCCC1CC(C)(C)N(C)C(C)(C)C1. The lowest BCUT2D eigenvalue weighted by atomic mass is 9.72. The molecule has 0 N–H and O–H groups in total. The molecule has 27 heavy (non-hydrogen) atoms. The normalized spacial score (nSPS) is 20.2. The first-order valence-electron chi connectivity index (χ1n) is 12.5. The van der Waals surface area contributed by atoms with Crippen LogP contribution in [0, 0.1) is 5.92 Å². The van der Waals surface area contributed by atoms with Gasteiger partial charge in [0.15, 0.2) is 0 Å². The molecule has 1 saturated heterocycles. The highest BCUT2D eigenvalue weighted by molar-refractivity contribution is 4.98. The molecule has 0 amide bonds. The summed E-state index contributed by atoms with van der Waals surface area (Å²) >= 11 is 0. The molecule has 0 aliphatic carbocycles. The van der Waals surface area contributed by atoms with Crippen molar-refractivity contribution in [2.45, 2.75) is 155 Å². The molecule has 1 heteroatoms. The molecule has 1 aliphatic rings. The maximum atomic E-state index is 2.61. The van der Waals surface area contributed by atoms with Gasteiger partial charge >= 0.3 is 0 Å². The van der Waals surface area contributed by atoms with Gasteiger partial charge in [0.2, 0.25) is 0 Å². The third-order valence-electron chi connectivity index (χ3n) is 7.36. The Balaban J connectivity index is 1.93. The van der Waals surface area contributed by atoms with E-state index in [-0.39, 0.29) is 0 Å². The van der Waals surface area contributed by atoms with Gasteiger partial charge in [0.05, 0.1) is 0 Å². The molecule has 0 bridgehead atoms. The summed E-state index contributed by atoms with van der Waals surface area (Å²) in [5.74, 6) is 0.934. The Morgan fingerprint density at radius 3 is 1.30 bits per heavy atom. The van der Waals surface area contributed by atoms with Crippen LogP contribution in [0.15, 0.2) is 0 Å². The topological polar surface area (TPSA) is 3.24 Å². The minimum atomic E-state index is 0.364. The Morgan fingerprint density at radius 2 is 0.926 bits per heavy atom. The Kier molecular flexibility index (Phi) is 12.3. The lowest BCUT2D eigenvalue weighted by Gasteiger charge is -2.54. The molecule has 0 saturated carbocycles. The molecule has 0 aromatic rings. The molecule has 162 valence electrons. The highest BCUT2D eigenvalue weighted by Crippen LogP contribution is 2.41. The van der Waals surface area contributed by atoms with E-state index in [0.29, 0.717) is 11.1 Å². The predicted molar refractivity (Wildman–Crippen MR) is 124 cm³/mol. The van der Waals surface area contributed by atoms with Crippen LogP contribution in [0.4, 0.5) is 0 Å². The summed E-state index contributed by atoms with van der Waals surface area (Å²) in [7, 11) is 2.32. The zero-order valence-electron chi connectivity index (χ0n) is 20.0. The van der Waals surface area contributed by atoms with Crippen molar-refractivity contribution in [1.82, 2.24) is 4.90 Å². The van der Waals surface area contributed by atoms with Crippen molar-refractivity contribution >= 4 is 0 Å². The molecule has 0 radical (unpaired) electrons. The molecule has 0 aromatic carbocycles. The average molecular weight is 380 g/mol. The average Bonchev–Trinajstić information content (AvgIpc) is 2.59. The number of hydrogen-bond donors (Lipinski definition) is 0. The van der Waals surface area contributed by atoms with Crippen molar-refractivity contribution in [2.75, 3.05) is 7.05 Å². The minimum absolute atomic E-state index is 0.364. The van der Waals surface area contributed by atoms with Crippen molar-refractivity contribution < 1.29 is 0 Å². The Hall–Kier alpha value is -0.0400. The largest absolute Gasteiger partial charge is 0.296 e. The van der Waals surface area contributed by atoms with Crippen LogP contribution in [-0.4, -0.2) is 23.0 Å². The van der Waals surface area contributed by atoms with E-state index in [4.69, 9.17) is 0 Å². The van der Waals surface area contributed by atoms with Crippen LogP contribution in [0.5, 0.6) is 0 Å². The van der Waals surface area contributed by atoms with Crippen LogP contribution in [0.25, 0.3) is 0 Å². The summed E-state index contributed by atoms with van der Waals surface area (Å²) in [4.78, 5) is 2.61. The lowest BCUT2D eigenvalue weighted by molar-refractivity contribution is -0.0321. The highest BCUT2D eigenvalue weighted by Gasteiger charge is 2.42. The Morgan fingerprint density at radius 1 is 0.593 bits per heavy atom. The fourth-order valence-corrected chi connectivity index (χ4v) is 5.41. The molecular formula is C26H53N. The third kappa shape index (κ3) is 10.3. The zero-order valence-corrected chi connectivity index (χ0v) is 20.0. The van der Waals surface area contributed by atoms with E-state index in [0.717, 1.165) is 5.92 Å². The maximum Gasteiger partial charge on any atom is 0.0158 e. The number of unbranched alkanes of at least 4 members (excludes halogenated alkanes) is 13. The van der Waals surface area contributed by atoms with Crippen molar-refractivity contribution in [1.29, 1.82) is 0 Å². The molecule has 1 aliphatic heterocycles. The molecule has 0 spiro atoms. The second-order valence-electron chi connectivity index (χ2n) is 10.8. The standard InChI is InChI=1S/C26H53N/c1-7-8-9-10-11-12-13-14-15-16-17-18-19-20-21-24-22-25(2,3)27(6)26(4,5)23-24/h24H,7-23H2,1-6H3. The van der Waals surface area contributed by atoms with E-state index < -0.39 is 0 Å². The van der Waals surface area contributed by atoms with Gasteiger partial charge in [-0.15, -0.1) is 0 Å². The number of nitrogens with zero attached hydrogens (tertiary/aromatic N) is 1. The fourth-order valence-electron chi connectivity index (χ4n) is 5.41. The first-order chi connectivity index (χ1) is 12.8. The molecule has 0 unspecified atom stereocenters. The summed E-state index contributed by atoms with van der Waals surface area (Å²) in [6.07, 6.45) is 24.7. The molecular weight excluding hydrogens is 326 g/mol. The van der Waals surface area contributed by atoms with Crippen LogP contribution in [0.1, 0.15) is 144 Å². The van der Waals surface area contributed by atoms with Gasteiger partial charge < -0.3 is 0 Å². The molecule has 0 atom stereocenters. The second-order valence-corrected chi connectivity index (χ2v) is 10.8. The van der Waals surface area contributed by atoms with Crippen molar-refractivity contribution in [3.8, 4) is 0 Å². The summed E-state index contributed by atoms with van der Waals surface area (Å²) in [5.41, 5.74) is 0.727. The second kappa shape index (κ2) is 13.2. The monoisotopic (exact) mass is 379 g/mol. The van der Waals surface area contributed by atoms with E-state index in [9.17, 15) is 0 Å². The number of likely N-dealkylation sites (tertiary alicyclic amines) is 1. The number of piperidine rings is 1. The lowest BCUT2D eigenvalue weighted by Crippen LogP contribution is -2.58. The van der Waals surface area contributed by atoms with Gasteiger partial charge in [0, 0.05) is 11.1 Å². The molecule has 1 rings (SSSR count). The van der Waals surface area contributed by atoms with E-state index in [1.165, 1.54) is 109 Å². The van der Waals surface area contributed by atoms with Gasteiger partial charge in [-0.3, -0.25) is 4.90 Å². The molecule has 0 aromatic heterocycles. The fraction of sp³-hybridized carbons (Fsp3) is 1.00. The first kappa shape index (κ1) is 25.0. The van der Waals surface area contributed by atoms with E-state index in [2.05, 4.69) is 46.6 Å². The van der Waals surface area contributed by atoms with E-state index in [1.807, 2.05) is 0 Å². The summed E-state index contributed by atoms with van der Waals surface area (Å²) < 4.78 is 0. The summed E-state index contributed by atoms with van der Waals surface area (Å²) in [6, 6.07) is 0. The summed E-state index contributed by atoms with van der Waals surface area (Å²) in [6.45, 7) is 12.0. The van der Waals surface area contributed by atoms with Crippen LogP contribution in [0.3, 0.4) is 0 Å². The highest BCUT2D eigenvalue weighted by atomic mass is 15.2. The van der Waals surface area contributed by atoms with Crippen molar-refractivity contribution in [2.24, 2.45) is 5.92 Å². The molecule has 1 nitrogen and oxygen atoms in total. The number of rotatable bonds is 15. The quantitative estimate of drug-likeness (QED) is 0.257. The van der Waals surface area contributed by atoms with Gasteiger partial charge in [0.1, 0.15) is 0 Å². The van der Waals surface area contributed by atoms with Gasteiger partial charge in [-0.1, -0.05) is 103 Å². The van der Waals surface area contributed by atoms with E-state index in [1.54, 1.807) is 0 Å². The van der Waals surface area contributed by atoms with Gasteiger partial charge in [-0.25, -0.2) is 0 Å². The Bertz CT molecular complexity index is 339. The van der Waals surface area contributed by atoms with Gasteiger partial charge in [0.25, 0.3) is 0 Å². The van der Waals surface area contributed by atoms with Crippen LogP contribution >= 0.6 is 0 Å². The molecule has 1 fully saturated rings. The number of hydrogen-bond acceptors (Lipinski definition) is 1. The maximum absolute atomic E-state index is 2.61.